The molecule has 18 heavy (non-hydrogen) atoms. The van der Waals surface area contributed by atoms with Crippen LogP contribution < -0.4 is 5.32 Å². The van der Waals surface area contributed by atoms with Crippen LogP contribution in [0.1, 0.15) is 21.5 Å². The summed E-state index contributed by atoms with van der Waals surface area (Å²) in [6, 6.07) is 6.74. The molecular weight excluding hydrogens is 231 g/mol. The molecule has 0 fully saturated rings. The highest BCUT2D eigenvalue weighted by Crippen LogP contribution is 2.24. The predicted octanol–water partition coefficient (Wildman–Crippen LogP) is 2.42. The fourth-order valence-electron chi connectivity index (χ4n) is 2.13. The smallest absolute Gasteiger partial charge is 0.194 e. The Hall–Kier alpha value is -2.23. The van der Waals surface area contributed by atoms with E-state index in [0.717, 1.165) is 24.8 Å². The Balaban J connectivity index is 1.98. The van der Waals surface area contributed by atoms with Crippen molar-refractivity contribution in [2.24, 2.45) is 0 Å². The van der Waals surface area contributed by atoms with Crippen molar-refractivity contribution in [1.82, 2.24) is 4.98 Å². The van der Waals surface area contributed by atoms with E-state index in [2.05, 4.69) is 10.3 Å². The topological polar surface area (TPSA) is 42.0 Å². The summed E-state index contributed by atoms with van der Waals surface area (Å²) in [5, 5.41) is 3.22. The number of pyridine rings is 1. The predicted molar refractivity (Wildman–Crippen MR) is 66.3 cm³/mol. The van der Waals surface area contributed by atoms with Gasteiger partial charge in [0, 0.05) is 29.6 Å². The van der Waals surface area contributed by atoms with Gasteiger partial charge < -0.3 is 5.32 Å². The molecule has 1 aliphatic rings. The SMILES string of the molecule is O=C(c1cncc(F)c1)c1ccc2c(c1)NCC2. The van der Waals surface area contributed by atoms with Crippen molar-refractivity contribution >= 4 is 11.5 Å². The Morgan fingerprint density at radius 2 is 2.11 bits per heavy atom. The van der Waals surface area contributed by atoms with E-state index in [0.29, 0.717) is 5.56 Å². The summed E-state index contributed by atoms with van der Waals surface area (Å²) in [5.74, 6) is -0.710. The largest absolute Gasteiger partial charge is 0.384 e. The lowest BCUT2D eigenvalue weighted by molar-refractivity contribution is 0.103. The number of aromatic nitrogens is 1. The number of nitrogens with one attached hydrogen (secondary N) is 1. The van der Waals surface area contributed by atoms with Gasteiger partial charge in [0.15, 0.2) is 5.78 Å². The van der Waals surface area contributed by atoms with E-state index in [9.17, 15) is 9.18 Å². The van der Waals surface area contributed by atoms with Gasteiger partial charge in [0.25, 0.3) is 0 Å². The Labute approximate surface area is 104 Å². The van der Waals surface area contributed by atoms with Gasteiger partial charge in [-0.2, -0.15) is 0 Å². The highest BCUT2D eigenvalue weighted by atomic mass is 19.1. The van der Waals surface area contributed by atoms with Crippen LogP contribution in [0.5, 0.6) is 0 Å². The summed E-state index contributed by atoms with van der Waals surface area (Å²) in [6.07, 6.45) is 3.44. The van der Waals surface area contributed by atoms with Crippen LogP contribution in [0.25, 0.3) is 0 Å². The quantitative estimate of drug-likeness (QED) is 0.822. The highest BCUT2D eigenvalue weighted by Gasteiger charge is 2.15. The number of carbonyl (C=O) groups excluding carboxylic acids is 1. The third-order valence-electron chi connectivity index (χ3n) is 3.05. The summed E-state index contributed by atoms with van der Waals surface area (Å²) in [7, 11) is 0. The third kappa shape index (κ3) is 1.86. The van der Waals surface area contributed by atoms with Crippen LogP contribution in [0.2, 0.25) is 0 Å². The van der Waals surface area contributed by atoms with Crippen molar-refractivity contribution in [3.05, 3.63) is 59.2 Å². The van der Waals surface area contributed by atoms with Crippen LogP contribution in [-0.4, -0.2) is 17.3 Å². The molecule has 1 aromatic carbocycles. The Bertz CT molecular complexity index is 625. The molecule has 4 heteroatoms. The van der Waals surface area contributed by atoms with Gasteiger partial charge in [0.1, 0.15) is 5.82 Å². The van der Waals surface area contributed by atoms with Crippen LogP contribution in [0.15, 0.2) is 36.7 Å². The molecule has 90 valence electrons. The first-order valence-corrected chi connectivity index (χ1v) is 5.76. The Morgan fingerprint density at radius 3 is 2.94 bits per heavy atom. The lowest BCUT2D eigenvalue weighted by Crippen LogP contribution is -2.03. The molecule has 0 spiro atoms. The molecule has 3 nitrogen and oxygen atoms in total. The zero-order valence-electron chi connectivity index (χ0n) is 9.61. The van der Waals surface area contributed by atoms with E-state index in [-0.39, 0.29) is 11.3 Å². The molecule has 0 saturated carbocycles. The number of fused-ring (bicyclic) bond motifs is 1. The van der Waals surface area contributed by atoms with E-state index < -0.39 is 5.82 Å². The normalized spacial score (nSPS) is 12.9. The van der Waals surface area contributed by atoms with Gasteiger partial charge in [-0.25, -0.2) is 4.39 Å². The van der Waals surface area contributed by atoms with Gasteiger partial charge in [-0.05, 0) is 24.1 Å². The summed E-state index contributed by atoms with van der Waals surface area (Å²) in [4.78, 5) is 15.9. The van der Waals surface area contributed by atoms with Crippen LogP contribution in [0.4, 0.5) is 10.1 Å². The van der Waals surface area contributed by atoms with E-state index in [1.165, 1.54) is 17.8 Å². The standard InChI is InChI=1S/C14H11FN2O/c15-12-5-11(7-16-8-12)14(18)10-2-1-9-3-4-17-13(9)6-10/h1-2,5-8,17H,3-4H2. The van der Waals surface area contributed by atoms with Crippen molar-refractivity contribution in [2.75, 3.05) is 11.9 Å². The van der Waals surface area contributed by atoms with Gasteiger partial charge >= 0.3 is 0 Å². The molecule has 0 saturated heterocycles. The highest BCUT2D eigenvalue weighted by molar-refractivity contribution is 6.09. The number of benzene rings is 1. The number of ketones is 1. The van der Waals surface area contributed by atoms with Crippen molar-refractivity contribution in [1.29, 1.82) is 0 Å². The van der Waals surface area contributed by atoms with Gasteiger partial charge in [0.2, 0.25) is 0 Å². The third-order valence-corrected chi connectivity index (χ3v) is 3.05. The molecule has 0 atom stereocenters. The van der Waals surface area contributed by atoms with E-state index in [1.54, 1.807) is 6.07 Å². The van der Waals surface area contributed by atoms with E-state index in [1.807, 2.05) is 12.1 Å². The minimum Gasteiger partial charge on any atom is -0.384 e. The van der Waals surface area contributed by atoms with Gasteiger partial charge in [-0.1, -0.05) is 12.1 Å². The molecule has 0 bridgehead atoms. The summed E-state index contributed by atoms with van der Waals surface area (Å²) < 4.78 is 13.0. The second-order valence-corrected chi connectivity index (χ2v) is 4.27. The van der Waals surface area contributed by atoms with Crippen molar-refractivity contribution in [2.45, 2.75) is 6.42 Å². The van der Waals surface area contributed by atoms with Crippen LogP contribution in [0.3, 0.4) is 0 Å². The molecular formula is C14H11FN2O. The zero-order valence-corrected chi connectivity index (χ0v) is 9.61. The first-order chi connectivity index (χ1) is 8.74. The molecule has 0 radical (unpaired) electrons. The fraction of sp³-hybridized carbons (Fsp3) is 0.143. The maximum atomic E-state index is 13.0. The molecule has 0 aliphatic carbocycles. The van der Waals surface area contributed by atoms with Crippen LogP contribution in [-0.2, 0) is 6.42 Å². The number of rotatable bonds is 2. The average molecular weight is 242 g/mol. The molecule has 1 aromatic heterocycles. The lowest BCUT2D eigenvalue weighted by Gasteiger charge is -2.04. The van der Waals surface area contributed by atoms with Crippen molar-refractivity contribution in [3.8, 4) is 0 Å². The monoisotopic (exact) mass is 242 g/mol. The number of halogens is 1. The fourth-order valence-corrected chi connectivity index (χ4v) is 2.13. The Morgan fingerprint density at radius 1 is 1.22 bits per heavy atom. The molecule has 0 amide bonds. The number of hydrogen-bond donors (Lipinski definition) is 1. The molecule has 1 aliphatic heterocycles. The molecule has 3 rings (SSSR count). The molecule has 1 N–H and O–H groups in total. The van der Waals surface area contributed by atoms with E-state index in [4.69, 9.17) is 0 Å². The second kappa shape index (κ2) is 4.22. The van der Waals surface area contributed by atoms with E-state index >= 15 is 0 Å². The summed E-state index contributed by atoms with van der Waals surface area (Å²) >= 11 is 0. The Kier molecular flexibility index (Phi) is 2.55. The first-order valence-electron chi connectivity index (χ1n) is 5.76. The maximum absolute atomic E-state index is 13.0. The van der Waals surface area contributed by atoms with Crippen LogP contribution in [0, 0.1) is 5.82 Å². The molecule has 0 unspecified atom stereocenters. The summed E-state index contributed by atoms with van der Waals surface area (Å²) in [6.45, 7) is 0.897. The molecule has 2 aromatic rings. The minimum absolute atomic E-state index is 0.210. The maximum Gasteiger partial charge on any atom is 0.194 e. The number of hydrogen-bond acceptors (Lipinski definition) is 3. The molecule has 2 heterocycles. The minimum atomic E-state index is -0.500. The summed E-state index contributed by atoms with van der Waals surface area (Å²) in [5.41, 5.74) is 3.03. The van der Waals surface area contributed by atoms with Gasteiger partial charge in [-0.15, -0.1) is 0 Å². The van der Waals surface area contributed by atoms with Crippen molar-refractivity contribution in [3.63, 3.8) is 0 Å². The zero-order chi connectivity index (χ0) is 12.5. The number of anilines is 1. The van der Waals surface area contributed by atoms with Gasteiger partial charge in [0.05, 0.1) is 6.20 Å². The average Bonchev–Trinajstić information content (AvgIpc) is 2.85. The van der Waals surface area contributed by atoms with Crippen molar-refractivity contribution < 1.29 is 9.18 Å². The van der Waals surface area contributed by atoms with Gasteiger partial charge in [-0.3, -0.25) is 9.78 Å². The first kappa shape index (κ1) is 10.9. The number of carbonyl (C=O) groups is 1. The lowest BCUT2D eigenvalue weighted by atomic mass is 10.0. The number of nitrogens with zero attached hydrogens (tertiary/aromatic N) is 1. The van der Waals surface area contributed by atoms with Crippen LogP contribution >= 0.6 is 0 Å². The second-order valence-electron chi connectivity index (χ2n) is 4.27.